The van der Waals surface area contributed by atoms with E-state index in [0.29, 0.717) is 12.8 Å². The molecule has 0 aliphatic carbocycles. The summed E-state index contributed by atoms with van der Waals surface area (Å²) in [6, 6.07) is 9.18. The highest BCUT2D eigenvalue weighted by molar-refractivity contribution is 5.96. The SMILES string of the molecule is CNC(=O)CC(=O)NC(CCC(=O)O)Cc1ccccc1. The quantitative estimate of drug-likeness (QED) is 0.615. The standard InChI is InChI=1S/C15H20N2O4/c1-16-13(18)10-14(19)17-12(7-8-15(20)21)9-11-5-3-2-4-6-11/h2-6,12H,7-10H2,1H3,(H,16,18)(H,17,19)(H,20,21). The molecule has 1 rings (SSSR count). The second-order valence-electron chi connectivity index (χ2n) is 4.74. The number of hydrogen-bond acceptors (Lipinski definition) is 3. The van der Waals surface area contributed by atoms with Gasteiger partial charge >= 0.3 is 5.97 Å². The third-order valence-corrected chi connectivity index (χ3v) is 3.00. The van der Waals surface area contributed by atoms with Crippen LogP contribution in [0.25, 0.3) is 0 Å². The summed E-state index contributed by atoms with van der Waals surface area (Å²) in [4.78, 5) is 33.6. The van der Waals surface area contributed by atoms with Crippen molar-refractivity contribution < 1.29 is 19.5 Å². The molecule has 3 N–H and O–H groups in total. The number of carbonyl (C=O) groups is 3. The first kappa shape index (κ1) is 16.7. The summed E-state index contributed by atoms with van der Waals surface area (Å²) >= 11 is 0. The molecule has 0 heterocycles. The topological polar surface area (TPSA) is 95.5 Å². The molecule has 1 atom stereocenters. The van der Waals surface area contributed by atoms with Crippen LogP contribution in [0.2, 0.25) is 0 Å². The van der Waals surface area contributed by atoms with Gasteiger partial charge in [-0.15, -0.1) is 0 Å². The maximum Gasteiger partial charge on any atom is 0.303 e. The van der Waals surface area contributed by atoms with E-state index in [1.54, 1.807) is 0 Å². The molecule has 6 nitrogen and oxygen atoms in total. The first-order chi connectivity index (χ1) is 10.0. The molecule has 114 valence electrons. The molecule has 0 spiro atoms. The number of benzene rings is 1. The largest absolute Gasteiger partial charge is 0.481 e. The zero-order valence-corrected chi connectivity index (χ0v) is 12.0. The molecular formula is C15H20N2O4. The average molecular weight is 292 g/mol. The van der Waals surface area contributed by atoms with Gasteiger partial charge in [-0.2, -0.15) is 0 Å². The van der Waals surface area contributed by atoms with Crippen LogP contribution in [0.5, 0.6) is 0 Å². The van der Waals surface area contributed by atoms with Crippen LogP contribution in [0.3, 0.4) is 0 Å². The third kappa shape index (κ3) is 7.10. The molecule has 0 fully saturated rings. The first-order valence-corrected chi connectivity index (χ1v) is 6.77. The minimum absolute atomic E-state index is 0.0300. The van der Waals surface area contributed by atoms with Gasteiger partial charge in [0.2, 0.25) is 11.8 Å². The molecule has 2 amide bonds. The van der Waals surface area contributed by atoms with Gasteiger partial charge in [0, 0.05) is 19.5 Å². The molecule has 0 aliphatic rings. The van der Waals surface area contributed by atoms with Crippen molar-refractivity contribution in [2.45, 2.75) is 31.7 Å². The highest BCUT2D eigenvalue weighted by Gasteiger charge is 2.16. The van der Waals surface area contributed by atoms with Crippen molar-refractivity contribution in [3.8, 4) is 0 Å². The smallest absolute Gasteiger partial charge is 0.303 e. The van der Waals surface area contributed by atoms with E-state index in [0.717, 1.165) is 5.56 Å². The van der Waals surface area contributed by atoms with E-state index in [1.807, 2.05) is 30.3 Å². The Hall–Kier alpha value is -2.37. The lowest BCUT2D eigenvalue weighted by molar-refractivity contribution is -0.137. The minimum Gasteiger partial charge on any atom is -0.481 e. The molecule has 0 radical (unpaired) electrons. The summed E-state index contributed by atoms with van der Waals surface area (Å²) in [5.74, 6) is -1.68. The molecule has 1 aromatic carbocycles. The van der Waals surface area contributed by atoms with Gasteiger partial charge in [0.15, 0.2) is 0 Å². The second kappa shape index (κ2) is 8.73. The van der Waals surface area contributed by atoms with E-state index in [4.69, 9.17) is 5.11 Å². The Morgan fingerprint density at radius 2 is 1.81 bits per heavy atom. The van der Waals surface area contributed by atoms with Crippen molar-refractivity contribution in [3.63, 3.8) is 0 Å². The number of carboxylic acid groups (broad SMARTS) is 1. The van der Waals surface area contributed by atoms with Gasteiger partial charge in [-0.05, 0) is 18.4 Å². The van der Waals surface area contributed by atoms with Crippen LogP contribution in [-0.4, -0.2) is 36.0 Å². The number of carboxylic acids is 1. The highest BCUT2D eigenvalue weighted by atomic mass is 16.4. The molecule has 21 heavy (non-hydrogen) atoms. The lowest BCUT2D eigenvalue weighted by atomic mass is 10.0. The molecule has 0 saturated carbocycles. The van der Waals surface area contributed by atoms with E-state index in [2.05, 4.69) is 10.6 Å². The predicted octanol–water partition coefficient (Wildman–Crippen LogP) is 0.715. The molecule has 1 aromatic rings. The van der Waals surface area contributed by atoms with Gasteiger partial charge in [-0.1, -0.05) is 30.3 Å². The number of amides is 2. The first-order valence-electron chi connectivity index (χ1n) is 6.77. The normalized spacial score (nSPS) is 11.5. The van der Waals surface area contributed by atoms with Crippen LogP contribution in [0.1, 0.15) is 24.8 Å². The van der Waals surface area contributed by atoms with E-state index < -0.39 is 11.9 Å². The monoisotopic (exact) mass is 292 g/mol. The van der Waals surface area contributed by atoms with Crippen LogP contribution < -0.4 is 10.6 Å². The number of hydrogen-bond donors (Lipinski definition) is 3. The fourth-order valence-electron chi connectivity index (χ4n) is 1.93. The van der Waals surface area contributed by atoms with E-state index in [-0.39, 0.29) is 24.8 Å². The van der Waals surface area contributed by atoms with Gasteiger partial charge in [0.1, 0.15) is 6.42 Å². The van der Waals surface area contributed by atoms with Crippen molar-refractivity contribution >= 4 is 17.8 Å². The highest BCUT2D eigenvalue weighted by Crippen LogP contribution is 2.08. The van der Waals surface area contributed by atoms with Gasteiger partial charge in [0.05, 0.1) is 0 Å². The van der Waals surface area contributed by atoms with E-state index >= 15 is 0 Å². The fourth-order valence-corrected chi connectivity index (χ4v) is 1.93. The zero-order chi connectivity index (χ0) is 15.7. The molecule has 0 aliphatic heterocycles. The average Bonchev–Trinajstić information content (AvgIpc) is 2.45. The summed E-state index contributed by atoms with van der Waals surface area (Å²) in [7, 11) is 1.46. The molecule has 1 unspecified atom stereocenters. The number of carbonyl (C=O) groups excluding carboxylic acids is 2. The van der Waals surface area contributed by atoms with Gasteiger partial charge in [-0.25, -0.2) is 0 Å². The Bertz CT molecular complexity index is 488. The van der Waals surface area contributed by atoms with Crippen molar-refractivity contribution in [1.82, 2.24) is 10.6 Å². The minimum atomic E-state index is -0.909. The fraction of sp³-hybridized carbons (Fsp3) is 0.400. The lowest BCUT2D eigenvalue weighted by Crippen LogP contribution is -2.39. The Morgan fingerprint density at radius 1 is 1.14 bits per heavy atom. The molecule has 6 heteroatoms. The number of aliphatic carboxylic acids is 1. The van der Waals surface area contributed by atoms with Crippen LogP contribution in [0.4, 0.5) is 0 Å². The van der Waals surface area contributed by atoms with Gasteiger partial charge < -0.3 is 15.7 Å². The van der Waals surface area contributed by atoms with Gasteiger partial charge in [0.25, 0.3) is 0 Å². The Balaban J connectivity index is 2.61. The molecule has 0 saturated heterocycles. The molecule has 0 aromatic heterocycles. The third-order valence-electron chi connectivity index (χ3n) is 3.00. The summed E-state index contributed by atoms with van der Waals surface area (Å²) in [6.45, 7) is 0. The van der Waals surface area contributed by atoms with Crippen LogP contribution >= 0.6 is 0 Å². The Kier molecular flexibility index (Phi) is 6.94. The van der Waals surface area contributed by atoms with E-state index in [1.165, 1.54) is 7.05 Å². The van der Waals surface area contributed by atoms with Crippen molar-refractivity contribution in [2.75, 3.05) is 7.05 Å². The maximum atomic E-state index is 11.7. The lowest BCUT2D eigenvalue weighted by Gasteiger charge is -2.18. The van der Waals surface area contributed by atoms with Crippen molar-refractivity contribution in [2.24, 2.45) is 0 Å². The summed E-state index contributed by atoms with van der Waals surface area (Å²) in [5, 5.41) is 13.9. The maximum absolute atomic E-state index is 11.7. The van der Waals surface area contributed by atoms with Crippen molar-refractivity contribution in [1.29, 1.82) is 0 Å². The molecular weight excluding hydrogens is 272 g/mol. The van der Waals surface area contributed by atoms with Gasteiger partial charge in [-0.3, -0.25) is 14.4 Å². The van der Waals surface area contributed by atoms with Crippen molar-refractivity contribution in [3.05, 3.63) is 35.9 Å². The predicted molar refractivity (Wildman–Crippen MR) is 77.6 cm³/mol. The summed E-state index contributed by atoms with van der Waals surface area (Å²) in [6.07, 6.45) is 0.573. The Labute approximate surface area is 123 Å². The Morgan fingerprint density at radius 3 is 2.38 bits per heavy atom. The van der Waals surface area contributed by atoms with Crippen LogP contribution in [0.15, 0.2) is 30.3 Å². The van der Waals surface area contributed by atoms with E-state index in [9.17, 15) is 14.4 Å². The van der Waals surface area contributed by atoms with Crippen LogP contribution in [0, 0.1) is 0 Å². The second-order valence-corrected chi connectivity index (χ2v) is 4.74. The zero-order valence-electron chi connectivity index (χ0n) is 12.0. The number of rotatable bonds is 8. The van der Waals surface area contributed by atoms with Crippen LogP contribution in [-0.2, 0) is 20.8 Å². The number of nitrogens with one attached hydrogen (secondary N) is 2. The summed E-state index contributed by atoms with van der Waals surface area (Å²) < 4.78 is 0. The molecule has 0 bridgehead atoms. The summed E-state index contributed by atoms with van der Waals surface area (Å²) in [5.41, 5.74) is 1.01.